The zero-order valence-electron chi connectivity index (χ0n) is 8.52. The van der Waals surface area contributed by atoms with Crippen LogP contribution in [0.2, 0.25) is 0 Å². The predicted octanol–water partition coefficient (Wildman–Crippen LogP) is 2.46. The molecule has 0 saturated carbocycles. The maximum Gasteiger partial charge on any atom is 0.390 e. The van der Waals surface area contributed by atoms with Crippen molar-refractivity contribution in [3.63, 3.8) is 0 Å². The SMILES string of the molecule is Cc1ncc(NCCC(F)(F)F)nc1C. The van der Waals surface area contributed by atoms with Gasteiger partial charge in [-0.1, -0.05) is 0 Å². The molecule has 0 unspecified atom stereocenters. The van der Waals surface area contributed by atoms with Gasteiger partial charge in [0, 0.05) is 6.54 Å². The average molecular weight is 219 g/mol. The van der Waals surface area contributed by atoms with Crippen molar-refractivity contribution < 1.29 is 13.2 Å². The maximum absolute atomic E-state index is 11.8. The van der Waals surface area contributed by atoms with Crippen LogP contribution in [0.3, 0.4) is 0 Å². The molecule has 0 bridgehead atoms. The van der Waals surface area contributed by atoms with Crippen LogP contribution in [0.5, 0.6) is 0 Å². The molecule has 1 aromatic rings. The van der Waals surface area contributed by atoms with Gasteiger partial charge in [0.25, 0.3) is 0 Å². The van der Waals surface area contributed by atoms with Gasteiger partial charge in [0.2, 0.25) is 0 Å². The first-order chi connectivity index (χ1) is 6.88. The van der Waals surface area contributed by atoms with Gasteiger partial charge in [-0.2, -0.15) is 13.2 Å². The zero-order valence-corrected chi connectivity index (χ0v) is 8.52. The molecule has 0 aliphatic carbocycles. The molecule has 1 aromatic heterocycles. The lowest BCUT2D eigenvalue weighted by Crippen LogP contribution is -2.15. The molecule has 0 atom stereocenters. The predicted molar refractivity (Wildman–Crippen MR) is 50.7 cm³/mol. The molecule has 0 aliphatic rings. The Bertz CT molecular complexity index is 336. The summed E-state index contributed by atoms with van der Waals surface area (Å²) in [6.45, 7) is 3.37. The van der Waals surface area contributed by atoms with E-state index in [-0.39, 0.29) is 6.54 Å². The molecule has 1 heterocycles. The highest BCUT2D eigenvalue weighted by molar-refractivity contribution is 5.33. The highest BCUT2D eigenvalue weighted by atomic mass is 19.4. The van der Waals surface area contributed by atoms with Crippen LogP contribution in [-0.4, -0.2) is 22.7 Å². The van der Waals surface area contributed by atoms with Crippen molar-refractivity contribution in [1.29, 1.82) is 0 Å². The maximum atomic E-state index is 11.8. The molecule has 0 aromatic carbocycles. The van der Waals surface area contributed by atoms with Crippen LogP contribution in [0.1, 0.15) is 17.8 Å². The molecule has 0 aliphatic heterocycles. The molecule has 1 rings (SSSR count). The molecular formula is C9H12F3N3. The Balaban J connectivity index is 2.48. The molecule has 1 N–H and O–H groups in total. The van der Waals surface area contributed by atoms with Gasteiger partial charge in [0.05, 0.1) is 24.0 Å². The van der Waals surface area contributed by atoms with Crippen molar-refractivity contribution in [3.8, 4) is 0 Å². The van der Waals surface area contributed by atoms with Gasteiger partial charge in [-0.25, -0.2) is 4.98 Å². The zero-order chi connectivity index (χ0) is 11.5. The summed E-state index contributed by atoms with van der Waals surface area (Å²) in [5, 5.41) is 2.58. The van der Waals surface area contributed by atoms with E-state index in [1.54, 1.807) is 13.8 Å². The van der Waals surface area contributed by atoms with Crippen LogP contribution in [-0.2, 0) is 0 Å². The standard InChI is InChI=1S/C9H12F3N3/c1-6-7(2)15-8(5-14-6)13-4-3-9(10,11)12/h5H,3-4H2,1-2H3,(H,13,15). The number of alkyl halides is 3. The Morgan fingerprint density at radius 1 is 1.27 bits per heavy atom. The summed E-state index contributed by atoms with van der Waals surface area (Å²) in [6.07, 6.45) is -3.58. The second kappa shape index (κ2) is 4.46. The second-order valence-corrected chi connectivity index (χ2v) is 3.22. The minimum absolute atomic E-state index is 0.180. The Kier molecular flexibility index (Phi) is 3.49. The second-order valence-electron chi connectivity index (χ2n) is 3.22. The van der Waals surface area contributed by atoms with Crippen LogP contribution in [0, 0.1) is 13.8 Å². The Morgan fingerprint density at radius 2 is 1.93 bits per heavy atom. The molecule has 6 heteroatoms. The molecule has 84 valence electrons. The van der Waals surface area contributed by atoms with E-state index in [1.165, 1.54) is 6.20 Å². The summed E-state index contributed by atoms with van der Waals surface area (Å²) in [4.78, 5) is 8.04. The number of nitrogens with one attached hydrogen (secondary N) is 1. The molecule has 0 amide bonds. The number of aromatic nitrogens is 2. The van der Waals surface area contributed by atoms with Crippen LogP contribution >= 0.6 is 0 Å². The smallest absolute Gasteiger partial charge is 0.368 e. The minimum Gasteiger partial charge on any atom is -0.368 e. The summed E-state index contributed by atoms with van der Waals surface area (Å²) in [5.74, 6) is 0.377. The summed E-state index contributed by atoms with van der Waals surface area (Å²) in [5.41, 5.74) is 1.49. The van der Waals surface area contributed by atoms with E-state index < -0.39 is 12.6 Å². The molecule has 15 heavy (non-hydrogen) atoms. The van der Waals surface area contributed by atoms with Crippen molar-refractivity contribution in [1.82, 2.24) is 9.97 Å². The van der Waals surface area contributed by atoms with Gasteiger partial charge < -0.3 is 5.32 Å². The molecule has 0 saturated heterocycles. The third kappa shape index (κ3) is 4.14. The van der Waals surface area contributed by atoms with Crippen LogP contribution in [0.4, 0.5) is 19.0 Å². The van der Waals surface area contributed by atoms with E-state index in [0.717, 1.165) is 5.69 Å². The quantitative estimate of drug-likeness (QED) is 0.848. The van der Waals surface area contributed by atoms with E-state index in [2.05, 4.69) is 15.3 Å². The summed E-state index contributed by atoms with van der Waals surface area (Å²) >= 11 is 0. The lowest BCUT2D eigenvalue weighted by atomic mass is 10.3. The number of hydrogen-bond donors (Lipinski definition) is 1. The van der Waals surface area contributed by atoms with E-state index in [9.17, 15) is 13.2 Å². The first-order valence-electron chi connectivity index (χ1n) is 4.49. The van der Waals surface area contributed by atoms with Crippen molar-refractivity contribution in [2.75, 3.05) is 11.9 Å². The van der Waals surface area contributed by atoms with Crippen molar-refractivity contribution >= 4 is 5.82 Å². The molecule has 0 spiro atoms. The molecule has 0 fully saturated rings. The fourth-order valence-corrected chi connectivity index (χ4v) is 0.959. The van der Waals surface area contributed by atoms with Gasteiger partial charge in [0.15, 0.2) is 0 Å². The Morgan fingerprint density at radius 3 is 2.47 bits per heavy atom. The molecule has 3 nitrogen and oxygen atoms in total. The minimum atomic E-state index is -4.14. The number of rotatable bonds is 3. The normalized spacial score (nSPS) is 11.5. The van der Waals surface area contributed by atoms with Crippen molar-refractivity contribution in [3.05, 3.63) is 17.6 Å². The summed E-state index contributed by atoms with van der Waals surface area (Å²) in [6, 6.07) is 0. The van der Waals surface area contributed by atoms with Gasteiger partial charge >= 0.3 is 6.18 Å². The number of aryl methyl sites for hydroxylation is 2. The molecular weight excluding hydrogens is 207 g/mol. The van der Waals surface area contributed by atoms with Crippen LogP contribution in [0.25, 0.3) is 0 Å². The van der Waals surface area contributed by atoms with Crippen LogP contribution < -0.4 is 5.32 Å². The summed E-state index contributed by atoms with van der Waals surface area (Å²) in [7, 11) is 0. The van der Waals surface area contributed by atoms with Gasteiger partial charge in [-0.05, 0) is 13.8 Å². The number of anilines is 1. The fraction of sp³-hybridized carbons (Fsp3) is 0.556. The van der Waals surface area contributed by atoms with E-state index in [0.29, 0.717) is 11.5 Å². The lowest BCUT2D eigenvalue weighted by molar-refractivity contribution is -0.131. The lowest BCUT2D eigenvalue weighted by Gasteiger charge is -2.08. The van der Waals surface area contributed by atoms with E-state index in [1.807, 2.05) is 0 Å². The van der Waals surface area contributed by atoms with Gasteiger partial charge in [-0.15, -0.1) is 0 Å². The Labute approximate surface area is 85.7 Å². The monoisotopic (exact) mass is 219 g/mol. The summed E-state index contributed by atoms with van der Waals surface area (Å²) < 4.78 is 35.5. The third-order valence-corrected chi connectivity index (χ3v) is 1.91. The fourth-order valence-electron chi connectivity index (χ4n) is 0.959. The van der Waals surface area contributed by atoms with Crippen molar-refractivity contribution in [2.24, 2.45) is 0 Å². The number of nitrogens with zero attached hydrogens (tertiary/aromatic N) is 2. The van der Waals surface area contributed by atoms with E-state index >= 15 is 0 Å². The van der Waals surface area contributed by atoms with Gasteiger partial charge in [0.1, 0.15) is 5.82 Å². The van der Waals surface area contributed by atoms with Crippen LogP contribution in [0.15, 0.2) is 6.20 Å². The Hall–Kier alpha value is -1.33. The molecule has 0 radical (unpaired) electrons. The highest BCUT2D eigenvalue weighted by Gasteiger charge is 2.26. The van der Waals surface area contributed by atoms with Gasteiger partial charge in [-0.3, -0.25) is 4.98 Å². The van der Waals surface area contributed by atoms with E-state index in [4.69, 9.17) is 0 Å². The third-order valence-electron chi connectivity index (χ3n) is 1.91. The number of halogens is 3. The first-order valence-corrected chi connectivity index (χ1v) is 4.49. The average Bonchev–Trinajstić information content (AvgIpc) is 2.09. The topological polar surface area (TPSA) is 37.8 Å². The first kappa shape index (κ1) is 11.7. The van der Waals surface area contributed by atoms with Crippen molar-refractivity contribution in [2.45, 2.75) is 26.4 Å². The largest absolute Gasteiger partial charge is 0.390 e. The highest BCUT2D eigenvalue weighted by Crippen LogP contribution is 2.19. The number of hydrogen-bond acceptors (Lipinski definition) is 3.